The average Bonchev–Trinajstić information content (AvgIpc) is 2.57. The number of rotatable bonds is 5. The molecule has 1 rings (SSSR count). The zero-order valence-electron chi connectivity index (χ0n) is 8.30. The first-order chi connectivity index (χ1) is 7.38. The zero-order chi connectivity index (χ0) is 12.3. The van der Waals surface area contributed by atoms with Crippen LogP contribution in [0.4, 0.5) is 8.78 Å². The van der Waals surface area contributed by atoms with Crippen molar-refractivity contribution >= 4 is 10.0 Å². The first-order valence-corrected chi connectivity index (χ1v) is 5.65. The smallest absolute Gasteiger partial charge is 0.297 e. The van der Waals surface area contributed by atoms with Gasteiger partial charge in [0.05, 0.1) is 13.2 Å². The lowest BCUT2D eigenvalue weighted by atomic mass is 10.6. The maximum atomic E-state index is 12.5. The van der Waals surface area contributed by atoms with Crippen LogP contribution in [0.1, 0.15) is 12.2 Å². The Morgan fingerprint density at radius 2 is 2.12 bits per heavy atom. The van der Waals surface area contributed by atoms with Gasteiger partial charge in [-0.15, -0.1) is 10.2 Å². The van der Waals surface area contributed by atoms with Crippen molar-refractivity contribution in [3.8, 4) is 0 Å². The quantitative estimate of drug-likeness (QED) is 0.766. The van der Waals surface area contributed by atoms with E-state index in [9.17, 15) is 17.2 Å². The molecule has 10 heteroatoms. The summed E-state index contributed by atoms with van der Waals surface area (Å²) in [5, 5.41) is 10.3. The van der Waals surface area contributed by atoms with Gasteiger partial charge in [0.1, 0.15) is 0 Å². The van der Waals surface area contributed by atoms with Crippen molar-refractivity contribution in [1.82, 2.24) is 14.8 Å². The summed E-state index contributed by atoms with van der Waals surface area (Å²) in [7, 11) is -2.83. The fraction of sp³-hybridized carbons (Fsp3) is 0.667. The molecule has 0 spiro atoms. The van der Waals surface area contributed by atoms with Gasteiger partial charge in [-0.05, 0) is 0 Å². The first-order valence-electron chi connectivity index (χ1n) is 4.11. The Hall–Kier alpha value is -1.13. The number of aromatic nitrogens is 3. The van der Waals surface area contributed by atoms with E-state index in [2.05, 4.69) is 14.9 Å². The Morgan fingerprint density at radius 1 is 1.50 bits per heavy atom. The van der Waals surface area contributed by atoms with Gasteiger partial charge in [-0.3, -0.25) is 4.57 Å². The normalized spacial score (nSPS) is 12.3. The fourth-order valence-electron chi connectivity index (χ4n) is 1.06. The molecular weight excluding hydrogens is 246 g/mol. The molecule has 0 aliphatic carbocycles. The van der Waals surface area contributed by atoms with Crippen LogP contribution in [0.25, 0.3) is 0 Å². The van der Waals surface area contributed by atoms with Gasteiger partial charge in [-0.2, -0.15) is 0 Å². The number of alkyl halides is 2. The van der Waals surface area contributed by atoms with Crippen LogP contribution in [0.5, 0.6) is 0 Å². The van der Waals surface area contributed by atoms with E-state index >= 15 is 0 Å². The van der Waals surface area contributed by atoms with E-state index in [0.29, 0.717) is 0 Å². The molecule has 0 saturated carbocycles. The molecule has 0 aromatic carbocycles. The van der Waals surface area contributed by atoms with Gasteiger partial charge >= 0.3 is 0 Å². The van der Waals surface area contributed by atoms with Gasteiger partial charge in [0, 0.05) is 7.11 Å². The summed E-state index contributed by atoms with van der Waals surface area (Å²) in [5.74, 6) is -0.749. The lowest BCUT2D eigenvalue weighted by Crippen LogP contribution is -2.21. The zero-order valence-corrected chi connectivity index (χ0v) is 9.12. The fourth-order valence-corrected chi connectivity index (χ4v) is 1.71. The third-order valence-electron chi connectivity index (χ3n) is 1.71. The molecule has 0 aliphatic heterocycles. The van der Waals surface area contributed by atoms with Crippen molar-refractivity contribution in [1.29, 1.82) is 0 Å². The number of nitrogens with two attached hydrogens (primary N) is 1. The van der Waals surface area contributed by atoms with Crippen LogP contribution < -0.4 is 5.14 Å². The van der Waals surface area contributed by atoms with Crippen LogP contribution in [0.2, 0.25) is 0 Å². The van der Waals surface area contributed by atoms with Crippen LogP contribution in [0, 0.1) is 0 Å². The number of hydrogen-bond donors (Lipinski definition) is 1. The molecule has 0 bridgehead atoms. The number of nitrogens with zero attached hydrogens (tertiary/aromatic N) is 3. The standard InChI is InChI=1S/C6H10F2N4O3S/c1-15-3-2-12-5(4(7)8)10-11-6(12)16(9,13)14/h4H,2-3H2,1H3,(H2,9,13,14). The highest BCUT2D eigenvalue weighted by molar-refractivity contribution is 7.89. The second-order valence-corrected chi connectivity index (χ2v) is 4.29. The molecule has 92 valence electrons. The second-order valence-electron chi connectivity index (χ2n) is 2.83. The number of ether oxygens (including phenoxy) is 1. The summed E-state index contributed by atoms with van der Waals surface area (Å²) in [4.78, 5) is 0. The van der Waals surface area contributed by atoms with E-state index in [1.165, 1.54) is 7.11 Å². The summed E-state index contributed by atoms with van der Waals surface area (Å²) in [5.41, 5.74) is 0. The van der Waals surface area contributed by atoms with E-state index in [1.807, 2.05) is 0 Å². The Labute approximate surface area is 90.3 Å². The Bertz CT molecular complexity index is 458. The Balaban J connectivity index is 3.20. The Morgan fingerprint density at radius 3 is 2.56 bits per heavy atom. The van der Waals surface area contributed by atoms with E-state index < -0.39 is 27.4 Å². The summed E-state index contributed by atoms with van der Waals surface area (Å²) in [6, 6.07) is 0. The predicted molar refractivity (Wildman–Crippen MR) is 48.2 cm³/mol. The second kappa shape index (κ2) is 4.80. The van der Waals surface area contributed by atoms with Crippen molar-refractivity contribution in [2.75, 3.05) is 13.7 Å². The predicted octanol–water partition coefficient (Wildman–Crippen LogP) is -0.490. The molecular formula is C6H10F2N4O3S. The third-order valence-corrected chi connectivity index (χ3v) is 2.53. The lowest BCUT2D eigenvalue weighted by Gasteiger charge is -2.07. The van der Waals surface area contributed by atoms with Crippen molar-refractivity contribution in [2.24, 2.45) is 5.14 Å². The van der Waals surface area contributed by atoms with Gasteiger partial charge in [0.2, 0.25) is 5.82 Å². The highest BCUT2D eigenvalue weighted by atomic mass is 32.2. The molecule has 16 heavy (non-hydrogen) atoms. The molecule has 1 aromatic heterocycles. The molecule has 0 radical (unpaired) electrons. The summed E-state index contributed by atoms with van der Waals surface area (Å²) < 4.78 is 52.3. The lowest BCUT2D eigenvalue weighted by molar-refractivity contribution is 0.127. The molecule has 1 heterocycles. The average molecular weight is 256 g/mol. The number of halogens is 2. The van der Waals surface area contributed by atoms with E-state index in [4.69, 9.17) is 5.14 Å². The molecule has 1 aromatic rings. The van der Waals surface area contributed by atoms with Crippen LogP contribution in [-0.4, -0.2) is 36.9 Å². The minimum atomic E-state index is -4.18. The van der Waals surface area contributed by atoms with Crippen LogP contribution in [-0.2, 0) is 21.3 Å². The van der Waals surface area contributed by atoms with Gasteiger partial charge in [0.25, 0.3) is 21.6 Å². The Kier molecular flexibility index (Phi) is 3.88. The van der Waals surface area contributed by atoms with Crippen LogP contribution in [0.15, 0.2) is 5.16 Å². The molecule has 2 N–H and O–H groups in total. The monoisotopic (exact) mass is 256 g/mol. The van der Waals surface area contributed by atoms with Crippen LogP contribution >= 0.6 is 0 Å². The van der Waals surface area contributed by atoms with Crippen LogP contribution in [0.3, 0.4) is 0 Å². The SMILES string of the molecule is COCCn1c(C(F)F)nnc1S(N)(=O)=O. The largest absolute Gasteiger partial charge is 0.383 e. The number of primary sulfonamides is 1. The number of methoxy groups -OCH3 is 1. The molecule has 7 nitrogen and oxygen atoms in total. The number of sulfonamides is 1. The van der Waals surface area contributed by atoms with Crippen molar-refractivity contribution < 1.29 is 21.9 Å². The minimum Gasteiger partial charge on any atom is -0.383 e. The van der Waals surface area contributed by atoms with E-state index in [-0.39, 0.29) is 13.2 Å². The molecule has 0 atom stereocenters. The van der Waals surface area contributed by atoms with Gasteiger partial charge in [-0.1, -0.05) is 0 Å². The molecule has 0 unspecified atom stereocenters. The van der Waals surface area contributed by atoms with Crippen molar-refractivity contribution in [3.63, 3.8) is 0 Å². The molecule has 0 saturated heterocycles. The van der Waals surface area contributed by atoms with Gasteiger partial charge in [0.15, 0.2) is 0 Å². The highest BCUT2D eigenvalue weighted by Gasteiger charge is 2.25. The third kappa shape index (κ3) is 2.71. The van der Waals surface area contributed by atoms with E-state index in [1.54, 1.807) is 0 Å². The van der Waals surface area contributed by atoms with E-state index in [0.717, 1.165) is 4.57 Å². The number of hydrogen-bond acceptors (Lipinski definition) is 5. The molecule has 0 amide bonds. The molecule has 0 aliphatic rings. The van der Waals surface area contributed by atoms with Gasteiger partial charge < -0.3 is 4.74 Å². The van der Waals surface area contributed by atoms with Crippen molar-refractivity contribution in [2.45, 2.75) is 18.1 Å². The highest BCUT2D eigenvalue weighted by Crippen LogP contribution is 2.18. The van der Waals surface area contributed by atoms with Crippen molar-refractivity contribution in [3.05, 3.63) is 5.82 Å². The summed E-state index contributed by atoms with van der Waals surface area (Å²) >= 11 is 0. The maximum Gasteiger partial charge on any atom is 0.297 e. The topological polar surface area (TPSA) is 100 Å². The summed E-state index contributed by atoms with van der Waals surface area (Å²) in [6.07, 6.45) is -2.93. The summed E-state index contributed by atoms with van der Waals surface area (Å²) in [6.45, 7) is -0.0742. The first kappa shape index (κ1) is 12.9. The van der Waals surface area contributed by atoms with Gasteiger partial charge in [-0.25, -0.2) is 22.3 Å². The molecule has 0 fully saturated rings. The minimum absolute atomic E-state index is 0.0419. The maximum absolute atomic E-state index is 12.5.